The minimum Gasteiger partial charge on any atom is -0.497 e. The molecule has 172 valence electrons. The zero-order valence-electron chi connectivity index (χ0n) is 19.0. The first-order valence-corrected chi connectivity index (χ1v) is 11.3. The Hall–Kier alpha value is -3.13. The van der Waals surface area contributed by atoms with E-state index in [1.165, 1.54) is 16.2 Å². The average molecular weight is 458 g/mol. The Morgan fingerprint density at radius 1 is 1.25 bits per heavy atom. The zero-order chi connectivity index (χ0) is 23.7. The van der Waals surface area contributed by atoms with Gasteiger partial charge in [0.2, 0.25) is 11.8 Å². The molecule has 2 N–H and O–H groups in total. The Bertz CT molecular complexity index is 940. The summed E-state index contributed by atoms with van der Waals surface area (Å²) in [7, 11) is 1.54. The molecule has 3 amide bonds. The molecule has 0 saturated heterocycles. The minimum absolute atomic E-state index is 0.134. The normalized spacial score (nSPS) is 11.9. The molecule has 7 nitrogen and oxygen atoms in total. The van der Waals surface area contributed by atoms with Crippen LogP contribution in [0.3, 0.4) is 0 Å². The second-order valence-corrected chi connectivity index (χ2v) is 8.85. The number of rotatable bonds is 11. The van der Waals surface area contributed by atoms with Crippen LogP contribution in [0, 0.1) is 0 Å². The summed E-state index contributed by atoms with van der Waals surface area (Å²) < 4.78 is 5.32. The smallest absolute Gasteiger partial charge is 0.261 e. The van der Waals surface area contributed by atoms with Crippen molar-refractivity contribution in [2.75, 3.05) is 20.2 Å². The topological polar surface area (TPSA) is 87.7 Å². The van der Waals surface area contributed by atoms with Gasteiger partial charge in [-0.2, -0.15) is 0 Å². The van der Waals surface area contributed by atoms with Gasteiger partial charge in [0.1, 0.15) is 11.8 Å². The van der Waals surface area contributed by atoms with Crippen molar-refractivity contribution in [2.24, 2.45) is 0 Å². The second kappa shape index (κ2) is 11.5. The summed E-state index contributed by atoms with van der Waals surface area (Å²) in [6.45, 7) is 9.47. The first kappa shape index (κ1) is 25.1. The highest BCUT2D eigenvalue weighted by Gasteiger charge is 2.33. The predicted octanol–water partition coefficient (Wildman–Crippen LogP) is 3.55. The summed E-state index contributed by atoms with van der Waals surface area (Å²) >= 11 is 1.29. The zero-order valence-corrected chi connectivity index (χ0v) is 19.8. The highest BCUT2D eigenvalue weighted by atomic mass is 32.1. The van der Waals surface area contributed by atoms with Crippen LogP contribution in [0.15, 0.2) is 54.4 Å². The van der Waals surface area contributed by atoms with Crippen LogP contribution in [-0.4, -0.2) is 48.4 Å². The van der Waals surface area contributed by atoms with Gasteiger partial charge in [-0.3, -0.25) is 14.4 Å². The predicted molar refractivity (Wildman–Crippen MR) is 127 cm³/mol. The van der Waals surface area contributed by atoms with Gasteiger partial charge in [0.05, 0.1) is 18.5 Å². The molecule has 32 heavy (non-hydrogen) atoms. The fourth-order valence-electron chi connectivity index (χ4n) is 3.02. The van der Waals surface area contributed by atoms with E-state index in [-0.39, 0.29) is 24.9 Å². The maximum Gasteiger partial charge on any atom is 0.261 e. The molecular weight excluding hydrogens is 426 g/mol. The molecule has 0 aliphatic carbocycles. The van der Waals surface area contributed by atoms with E-state index in [9.17, 15) is 14.4 Å². The van der Waals surface area contributed by atoms with Crippen LogP contribution < -0.4 is 15.4 Å². The van der Waals surface area contributed by atoms with Crippen molar-refractivity contribution in [1.29, 1.82) is 0 Å². The van der Waals surface area contributed by atoms with E-state index >= 15 is 0 Å². The number of carbonyl (C=O) groups excluding carboxylic acids is 3. The Morgan fingerprint density at radius 2 is 2.00 bits per heavy atom. The van der Waals surface area contributed by atoms with Gasteiger partial charge in [-0.25, -0.2) is 0 Å². The molecule has 0 bridgehead atoms. The molecule has 0 spiro atoms. The third-order valence-corrected chi connectivity index (χ3v) is 5.97. The van der Waals surface area contributed by atoms with Crippen molar-refractivity contribution in [3.05, 3.63) is 64.9 Å². The molecule has 0 aliphatic rings. The molecule has 1 atom stereocenters. The third kappa shape index (κ3) is 6.68. The maximum atomic E-state index is 13.4. The fourth-order valence-corrected chi connectivity index (χ4v) is 3.66. The SMILES string of the molecule is C=CCN(C(=O)CNC(=O)c1cccs1)C(C(=O)NC(C)(C)CC)c1cccc(OC)c1. The highest BCUT2D eigenvalue weighted by Crippen LogP contribution is 2.26. The van der Waals surface area contributed by atoms with Gasteiger partial charge < -0.3 is 20.3 Å². The van der Waals surface area contributed by atoms with Crippen molar-refractivity contribution < 1.29 is 19.1 Å². The summed E-state index contributed by atoms with van der Waals surface area (Å²) in [5.74, 6) is -0.467. The molecule has 1 unspecified atom stereocenters. The lowest BCUT2D eigenvalue weighted by Gasteiger charge is -2.34. The molecular formula is C24H31N3O4S. The van der Waals surface area contributed by atoms with Gasteiger partial charge in [0.15, 0.2) is 0 Å². The van der Waals surface area contributed by atoms with Crippen LogP contribution in [-0.2, 0) is 9.59 Å². The van der Waals surface area contributed by atoms with Gasteiger partial charge in [0, 0.05) is 12.1 Å². The Balaban J connectivity index is 2.34. The summed E-state index contributed by atoms with van der Waals surface area (Å²) in [5, 5.41) is 7.46. The Morgan fingerprint density at radius 3 is 2.59 bits per heavy atom. The molecule has 2 aromatic rings. The molecule has 2 rings (SSSR count). The minimum atomic E-state index is -0.917. The molecule has 0 fully saturated rings. The lowest BCUT2D eigenvalue weighted by molar-refractivity contribution is -0.140. The van der Waals surface area contributed by atoms with Crippen LogP contribution in [0.2, 0.25) is 0 Å². The van der Waals surface area contributed by atoms with Crippen molar-refractivity contribution in [2.45, 2.75) is 38.8 Å². The van der Waals surface area contributed by atoms with Gasteiger partial charge in [0.25, 0.3) is 5.91 Å². The molecule has 1 heterocycles. The van der Waals surface area contributed by atoms with E-state index in [1.54, 1.807) is 55.0 Å². The van der Waals surface area contributed by atoms with Crippen LogP contribution in [0.1, 0.15) is 48.5 Å². The lowest BCUT2D eigenvalue weighted by Crippen LogP contribution is -2.51. The van der Waals surface area contributed by atoms with Crippen molar-refractivity contribution in [3.63, 3.8) is 0 Å². The summed E-state index contributed by atoms with van der Waals surface area (Å²) in [6, 6.07) is 9.59. The summed E-state index contributed by atoms with van der Waals surface area (Å²) in [5.41, 5.74) is 0.151. The standard InChI is InChI=1S/C24H31N3O4S/c1-6-13-27(20(28)16-25-22(29)19-12-9-14-32-19)21(23(30)26-24(3,4)7-2)17-10-8-11-18(15-17)31-5/h6,8-12,14-15,21H,1,7,13,16H2,2-5H3,(H,25,29)(H,26,30). The van der Waals surface area contributed by atoms with E-state index in [0.717, 1.165) is 6.42 Å². The molecule has 0 aliphatic heterocycles. The van der Waals surface area contributed by atoms with E-state index in [0.29, 0.717) is 16.2 Å². The number of ether oxygens (including phenoxy) is 1. The Labute approximate surface area is 193 Å². The molecule has 8 heteroatoms. The van der Waals surface area contributed by atoms with Gasteiger partial charge in [-0.15, -0.1) is 17.9 Å². The van der Waals surface area contributed by atoms with Crippen LogP contribution >= 0.6 is 11.3 Å². The quantitative estimate of drug-likeness (QED) is 0.505. The van der Waals surface area contributed by atoms with Crippen molar-refractivity contribution in [1.82, 2.24) is 15.5 Å². The summed E-state index contributed by atoms with van der Waals surface area (Å²) in [6.07, 6.45) is 2.28. The van der Waals surface area contributed by atoms with E-state index < -0.39 is 17.5 Å². The van der Waals surface area contributed by atoms with Crippen molar-refractivity contribution >= 4 is 29.1 Å². The van der Waals surface area contributed by atoms with E-state index in [4.69, 9.17) is 4.74 Å². The second-order valence-electron chi connectivity index (χ2n) is 7.90. The fraction of sp³-hybridized carbons (Fsp3) is 0.375. The van der Waals surface area contributed by atoms with Gasteiger partial charge in [-0.1, -0.05) is 31.2 Å². The number of nitrogens with zero attached hydrogens (tertiary/aromatic N) is 1. The van der Waals surface area contributed by atoms with Crippen molar-refractivity contribution in [3.8, 4) is 5.75 Å². The average Bonchev–Trinajstić information content (AvgIpc) is 3.32. The van der Waals surface area contributed by atoms with E-state index in [2.05, 4.69) is 17.2 Å². The number of hydrogen-bond acceptors (Lipinski definition) is 5. The van der Waals surface area contributed by atoms with Crippen LogP contribution in [0.25, 0.3) is 0 Å². The number of hydrogen-bond donors (Lipinski definition) is 2. The highest BCUT2D eigenvalue weighted by molar-refractivity contribution is 7.12. The number of methoxy groups -OCH3 is 1. The first-order chi connectivity index (χ1) is 15.2. The number of thiophene rings is 1. The maximum absolute atomic E-state index is 13.4. The molecule has 1 aromatic heterocycles. The number of benzene rings is 1. The number of nitrogens with one attached hydrogen (secondary N) is 2. The first-order valence-electron chi connectivity index (χ1n) is 10.4. The summed E-state index contributed by atoms with van der Waals surface area (Å²) in [4.78, 5) is 40.8. The lowest BCUT2D eigenvalue weighted by atomic mass is 9.98. The van der Waals surface area contributed by atoms with Gasteiger partial charge in [-0.05, 0) is 49.4 Å². The van der Waals surface area contributed by atoms with Gasteiger partial charge >= 0.3 is 0 Å². The Kier molecular flexibility index (Phi) is 9.02. The molecule has 1 aromatic carbocycles. The third-order valence-electron chi connectivity index (χ3n) is 5.11. The van der Waals surface area contributed by atoms with E-state index in [1.807, 2.05) is 20.8 Å². The number of amides is 3. The molecule has 0 radical (unpaired) electrons. The molecule has 0 saturated carbocycles. The van der Waals surface area contributed by atoms with Crippen LogP contribution in [0.5, 0.6) is 5.75 Å². The monoisotopic (exact) mass is 457 g/mol. The number of carbonyl (C=O) groups is 3. The van der Waals surface area contributed by atoms with Crippen LogP contribution in [0.4, 0.5) is 0 Å². The largest absolute Gasteiger partial charge is 0.497 e.